The van der Waals surface area contributed by atoms with Gasteiger partial charge in [-0.05, 0) is 6.92 Å². The summed E-state index contributed by atoms with van der Waals surface area (Å²) in [6, 6.07) is 0. The lowest BCUT2D eigenvalue weighted by atomic mass is 10.4. The van der Waals surface area contributed by atoms with Crippen molar-refractivity contribution in [2.75, 3.05) is 12.3 Å². The van der Waals surface area contributed by atoms with Crippen molar-refractivity contribution in [1.82, 2.24) is 10.3 Å². The van der Waals surface area contributed by atoms with Crippen LogP contribution >= 0.6 is 27.7 Å². The van der Waals surface area contributed by atoms with Gasteiger partial charge in [0.25, 0.3) is 0 Å². The van der Waals surface area contributed by atoms with Gasteiger partial charge in [0.1, 0.15) is 5.84 Å². The number of hydrogen-bond acceptors (Lipinski definition) is 4. The Hall–Kier alpha value is 0.1000. The van der Waals surface area contributed by atoms with E-state index in [0.29, 0.717) is 10.3 Å². The standard InChI is InChI=1S/C6H10BrN3S/c1-4-8-9-6-10(4)2-5(7)3-11-6/h5-6,9H,2-3H2,1H3. The smallest absolute Gasteiger partial charge is 0.164 e. The van der Waals surface area contributed by atoms with Gasteiger partial charge in [0.2, 0.25) is 0 Å². The molecule has 1 fully saturated rings. The second-order valence-electron chi connectivity index (χ2n) is 2.72. The summed E-state index contributed by atoms with van der Waals surface area (Å²) < 4.78 is 0. The fourth-order valence-electron chi connectivity index (χ4n) is 1.27. The van der Waals surface area contributed by atoms with E-state index >= 15 is 0 Å². The Labute approximate surface area is 78.7 Å². The molecule has 11 heavy (non-hydrogen) atoms. The summed E-state index contributed by atoms with van der Waals surface area (Å²) in [5.41, 5.74) is 3.48. The van der Waals surface area contributed by atoms with Gasteiger partial charge in [-0.2, -0.15) is 5.10 Å². The van der Waals surface area contributed by atoms with Crippen molar-refractivity contribution >= 4 is 33.5 Å². The molecule has 2 rings (SSSR count). The first-order valence-corrected chi connectivity index (χ1v) is 5.56. The van der Waals surface area contributed by atoms with E-state index in [4.69, 9.17) is 0 Å². The van der Waals surface area contributed by atoms with Gasteiger partial charge in [-0.3, -0.25) is 5.43 Å². The van der Waals surface area contributed by atoms with E-state index in [1.165, 1.54) is 0 Å². The van der Waals surface area contributed by atoms with Crippen molar-refractivity contribution in [3.8, 4) is 0 Å². The number of amidine groups is 1. The predicted molar refractivity (Wildman–Crippen MR) is 51.9 cm³/mol. The fourth-order valence-corrected chi connectivity index (χ4v) is 3.08. The highest BCUT2D eigenvalue weighted by Crippen LogP contribution is 2.27. The molecule has 62 valence electrons. The summed E-state index contributed by atoms with van der Waals surface area (Å²) in [6.45, 7) is 3.11. The molecule has 0 aromatic heterocycles. The van der Waals surface area contributed by atoms with Crippen LogP contribution in [0.4, 0.5) is 0 Å². The zero-order valence-electron chi connectivity index (χ0n) is 6.25. The maximum absolute atomic E-state index is 4.17. The van der Waals surface area contributed by atoms with Crippen LogP contribution in [-0.4, -0.2) is 33.4 Å². The summed E-state index contributed by atoms with van der Waals surface area (Å²) in [7, 11) is 0. The number of hydrazone groups is 1. The monoisotopic (exact) mass is 235 g/mol. The maximum atomic E-state index is 4.17. The Morgan fingerprint density at radius 2 is 2.64 bits per heavy atom. The fraction of sp³-hybridized carbons (Fsp3) is 0.833. The van der Waals surface area contributed by atoms with Crippen LogP contribution in [0.5, 0.6) is 0 Å². The van der Waals surface area contributed by atoms with E-state index in [2.05, 4.69) is 31.4 Å². The van der Waals surface area contributed by atoms with Gasteiger partial charge in [-0.15, -0.1) is 11.8 Å². The van der Waals surface area contributed by atoms with Crippen LogP contribution in [0, 0.1) is 0 Å². The van der Waals surface area contributed by atoms with Crippen LogP contribution in [0.15, 0.2) is 5.10 Å². The predicted octanol–water partition coefficient (Wildman–Crippen LogP) is 1.02. The van der Waals surface area contributed by atoms with E-state index in [1.807, 2.05) is 18.7 Å². The molecule has 0 aliphatic carbocycles. The second-order valence-corrected chi connectivity index (χ2v) is 5.13. The Morgan fingerprint density at radius 1 is 1.82 bits per heavy atom. The normalized spacial score (nSPS) is 36.2. The molecular formula is C6H10BrN3S. The average Bonchev–Trinajstić information content (AvgIpc) is 2.33. The molecule has 0 spiro atoms. The SMILES string of the molecule is CC1=NNC2SCC(Br)CN12. The molecule has 0 amide bonds. The van der Waals surface area contributed by atoms with Crippen molar-refractivity contribution in [1.29, 1.82) is 0 Å². The van der Waals surface area contributed by atoms with Crippen molar-refractivity contribution in [2.45, 2.75) is 17.2 Å². The summed E-state index contributed by atoms with van der Waals surface area (Å²) in [4.78, 5) is 2.89. The van der Waals surface area contributed by atoms with Crippen molar-refractivity contribution < 1.29 is 0 Å². The van der Waals surface area contributed by atoms with Crippen LogP contribution in [-0.2, 0) is 0 Å². The lowest BCUT2D eigenvalue weighted by Gasteiger charge is -2.32. The van der Waals surface area contributed by atoms with Gasteiger partial charge in [0, 0.05) is 17.1 Å². The van der Waals surface area contributed by atoms with Crippen molar-refractivity contribution in [3.63, 3.8) is 0 Å². The molecule has 2 atom stereocenters. The molecule has 2 unspecified atom stereocenters. The molecule has 2 heterocycles. The van der Waals surface area contributed by atoms with Gasteiger partial charge in [0.15, 0.2) is 5.50 Å². The van der Waals surface area contributed by atoms with Gasteiger partial charge in [-0.25, -0.2) is 0 Å². The van der Waals surface area contributed by atoms with E-state index in [-0.39, 0.29) is 0 Å². The van der Waals surface area contributed by atoms with Crippen LogP contribution in [0.2, 0.25) is 0 Å². The Balaban J connectivity index is 2.07. The molecule has 0 radical (unpaired) electrons. The average molecular weight is 236 g/mol. The zero-order chi connectivity index (χ0) is 7.84. The molecule has 1 saturated heterocycles. The summed E-state index contributed by atoms with van der Waals surface area (Å²) in [6.07, 6.45) is 0. The highest BCUT2D eigenvalue weighted by Gasteiger charge is 2.31. The first-order chi connectivity index (χ1) is 5.27. The third-order valence-electron chi connectivity index (χ3n) is 1.87. The molecule has 0 bridgehead atoms. The molecule has 0 aromatic rings. The van der Waals surface area contributed by atoms with E-state index in [1.54, 1.807) is 0 Å². The number of thioether (sulfide) groups is 1. The van der Waals surface area contributed by atoms with Gasteiger partial charge < -0.3 is 4.90 Å². The molecule has 2 aliphatic rings. The van der Waals surface area contributed by atoms with Crippen LogP contribution in [0.1, 0.15) is 6.92 Å². The quantitative estimate of drug-likeness (QED) is 0.636. The van der Waals surface area contributed by atoms with Gasteiger partial charge in [0.05, 0.1) is 0 Å². The summed E-state index contributed by atoms with van der Waals surface area (Å²) in [5.74, 6) is 2.27. The minimum atomic E-state index is 0.392. The van der Waals surface area contributed by atoms with Crippen molar-refractivity contribution in [3.05, 3.63) is 0 Å². The van der Waals surface area contributed by atoms with E-state index in [0.717, 1.165) is 18.1 Å². The second kappa shape index (κ2) is 2.86. The van der Waals surface area contributed by atoms with Gasteiger partial charge >= 0.3 is 0 Å². The summed E-state index contributed by atoms with van der Waals surface area (Å²) in [5, 5.41) is 4.17. The number of nitrogens with one attached hydrogen (secondary N) is 1. The number of fused-ring (bicyclic) bond motifs is 1. The molecule has 1 N–H and O–H groups in total. The lowest BCUT2D eigenvalue weighted by Crippen LogP contribution is -2.45. The minimum absolute atomic E-state index is 0.392. The molecular weight excluding hydrogens is 226 g/mol. The molecule has 5 heteroatoms. The van der Waals surface area contributed by atoms with Crippen LogP contribution in [0.25, 0.3) is 0 Å². The zero-order valence-corrected chi connectivity index (χ0v) is 8.65. The van der Waals surface area contributed by atoms with Crippen LogP contribution < -0.4 is 5.43 Å². The van der Waals surface area contributed by atoms with Crippen LogP contribution in [0.3, 0.4) is 0 Å². The summed E-state index contributed by atoms with van der Waals surface area (Å²) >= 11 is 5.51. The molecule has 2 aliphatic heterocycles. The number of hydrogen-bond donors (Lipinski definition) is 1. The molecule has 0 aromatic carbocycles. The number of alkyl halides is 1. The maximum Gasteiger partial charge on any atom is 0.164 e. The Kier molecular flexibility index (Phi) is 2.01. The Morgan fingerprint density at radius 3 is 3.45 bits per heavy atom. The first kappa shape index (κ1) is 7.73. The Bertz CT molecular complexity index is 196. The van der Waals surface area contributed by atoms with E-state index < -0.39 is 0 Å². The third-order valence-corrected chi connectivity index (χ3v) is 4.18. The minimum Gasteiger partial charge on any atom is -0.328 e. The lowest BCUT2D eigenvalue weighted by molar-refractivity contribution is 0.385. The number of nitrogens with zero attached hydrogens (tertiary/aromatic N) is 2. The van der Waals surface area contributed by atoms with Gasteiger partial charge in [-0.1, -0.05) is 15.9 Å². The highest BCUT2D eigenvalue weighted by molar-refractivity contribution is 9.09. The van der Waals surface area contributed by atoms with Crippen molar-refractivity contribution in [2.24, 2.45) is 5.10 Å². The first-order valence-electron chi connectivity index (χ1n) is 3.59. The molecule has 3 nitrogen and oxygen atoms in total. The molecule has 0 saturated carbocycles. The highest BCUT2D eigenvalue weighted by atomic mass is 79.9. The topological polar surface area (TPSA) is 27.6 Å². The largest absolute Gasteiger partial charge is 0.328 e. The third kappa shape index (κ3) is 1.36. The number of rotatable bonds is 0. The van der Waals surface area contributed by atoms with E-state index in [9.17, 15) is 0 Å². The number of halogens is 1.